The number of Topliss-reactive ketones (excluding diaryl/α,β-unsaturated/α-hetero) is 1. The summed E-state index contributed by atoms with van der Waals surface area (Å²) in [4.78, 5) is 23.3. The van der Waals surface area contributed by atoms with E-state index in [9.17, 15) is 14.0 Å². The van der Waals surface area contributed by atoms with Gasteiger partial charge in [-0.2, -0.15) is 0 Å². The number of ketones is 1. The molecule has 22 heavy (non-hydrogen) atoms. The molecule has 0 saturated carbocycles. The van der Waals surface area contributed by atoms with Crippen LogP contribution in [0, 0.1) is 5.82 Å². The second-order valence-corrected chi connectivity index (χ2v) is 5.34. The molecule has 2 aromatic carbocycles. The SMILES string of the molecule is O=C(/C=C/c1ccc(Br)cc1)OCC(=O)c1cccc(F)c1. The average molecular weight is 363 g/mol. The van der Waals surface area contributed by atoms with Crippen molar-refractivity contribution in [2.45, 2.75) is 0 Å². The minimum Gasteiger partial charge on any atom is -0.454 e. The molecule has 0 aliphatic carbocycles. The Morgan fingerprint density at radius 3 is 2.55 bits per heavy atom. The van der Waals surface area contributed by atoms with E-state index >= 15 is 0 Å². The van der Waals surface area contributed by atoms with Gasteiger partial charge in [-0.25, -0.2) is 9.18 Å². The zero-order valence-electron chi connectivity index (χ0n) is 11.5. The van der Waals surface area contributed by atoms with Gasteiger partial charge < -0.3 is 4.74 Å². The van der Waals surface area contributed by atoms with Gasteiger partial charge in [0.1, 0.15) is 5.82 Å². The molecule has 0 aliphatic rings. The zero-order chi connectivity index (χ0) is 15.9. The second kappa shape index (κ2) is 7.66. The van der Waals surface area contributed by atoms with Crippen molar-refractivity contribution in [1.82, 2.24) is 0 Å². The van der Waals surface area contributed by atoms with Gasteiger partial charge in [0.2, 0.25) is 0 Å². The van der Waals surface area contributed by atoms with Crippen molar-refractivity contribution >= 4 is 33.8 Å². The summed E-state index contributed by atoms with van der Waals surface area (Å²) >= 11 is 3.31. The van der Waals surface area contributed by atoms with Crippen LogP contribution in [0.25, 0.3) is 6.08 Å². The molecule has 0 unspecified atom stereocenters. The third-order valence-electron chi connectivity index (χ3n) is 2.77. The Labute approximate surface area is 135 Å². The molecular formula is C17H12BrFO3. The summed E-state index contributed by atoms with van der Waals surface area (Å²) in [5.74, 6) is -1.59. The molecule has 0 aromatic heterocycles. The van der Waals surface area contributed by atoms with Crippen molar-refractivity contribution in [1.29, 1.82) is 0 Å². The quantitative estimate of drug-likeness (QED) is 0.458. The molecule has 0 fully saturated rings. The summed E-state index contributed by atoms with van der Waals surface area (Å²) in [6, 6.07) is 12.6. The molecule has 112 valence electrons. The number of ether oxygens (including phenoxy) is 1. The fourth-order valence-electron chi connectivity index (χ4n) is 1.67. The zero-order valence-corrected chi connectivity index (χ0v) is 13.0. The maximum Gasteiger partial charge on any atom is 0.331 e. The highest BCUT2D eigenvalue weighted by molar-refractivity contribution is 9.10. The number of hydrogen-bond acceptors (Lipinski definition) is 3. The van der Waals surface area contributed by atoms with Gasteiger partial charge in [-0.05, 0) is 35.9 Å². The number of halogens is 2. The molecule has 0 aliphatic heterocycles. The molecule has 0 N–H and O–H groups in total. The molecule has 2 rings (SSSR count). The van der Waals surface area contributed by atoms with Crippen molar-refractivity contribution in [3.05, 3.63) is 76.0 Å². The maximum atomic E-state index is 13.0. The summed E-state index contributed by atoms with van der Waals surface area (Å²) < 4.78 is 18.8. The van der Waals surface area contributed by atoms with Crippen LogP contribution in [0.5, 0.6) is 0 Å². The molecule has 0 radical (unpaired) electrons. The lowest BCUT2D eigenvalue weighted by molar-refractivity contribution is -0.136. The minimum atomic E-state index is -0.632. The molecule has 0 saturated heterocycles. The van der Waals surface area contributed by atoms with Gasteiger partial charge in [0.15, 0.2) is 12.4 Å². The highest BCUT2D eigenvalue weighted by atomic mass is 79.9. The Bertz CT molecular complexity index is 708. The predicted molar refractivity (Wildman–Crippen MR) is 84.9 cm³/mol. The second-order valence-electron chi connectivity index (χ2n) is 4.43. The van der Waals surface area contributed by atoms with Crippen LogP contribution < -0.4 is 0 Å². The van der Waals surface area contributed by atoms with E-state index in [1.165, 1.54) is 24.3 Å². The number of hydrogen-bond donors (Lipinski definition) is 0. The maximum absolute atomic E-state index is 13.0. The van der Waals surface area contributed by atoms with Crippen molar-refractivity contribution in [3.8, 4) is 0 Å². The summed E-state index contributed by atoms with van der Waals surface area (Å²) in [7, 11) is 0. The number of esters is 1. The predicted octanol–water partition coefficient (Wildman–Crippen LogP) is 4.03. The summed E-state index contributed by atoms with van der Waals surface area (Å²) in [5.41, 5.74) is 1.00. The van der Waals surface area contributed by atoms with Gasteiger partial charge in [-0.3, -0.25) is 4.79 Å². The normalized spacial score (nSPS) is 10.6. The van der Waals surface area contributed by atoms with E-state index in [1.54, 1.807) is 6.08 Å². The lowest BCUT2D eigenvalue weighted by Gasteiger charge is -2.02. The molecule has 2 aromatic rings. The van der Waals surface area contributed by atoms with Gasteiger partial charge in [0.05, 0.1) is 0 Å². The fourth-order valence-corrected chi connectivity index (χ4v) is 1.93. The van der Waals surface area contributed by atoms with Gasteiger partial charge in [0.25, 0.3) is 0 Å². The first-order valence-electron chi connectivity index (χ1n) is 6.44. The standard InChI is InChI=1S/C17H12BrFO3/c18-14-7-4-12(5-8-14)6-9-17(21)22-11-16(20)13-2-1-3-15(19)10-13/h1-10H,11H2/b9-6+. The third kappa shape index (κ3) is 4.93. The van der Waals surface area contributed by atoms with E-state index < -0.39 is 24.2 Å². The van der Waals surface area contributed by atoms with Crippen molar-refractivity contribution in [3.63, 3.8) is 0 Å². The van der Waals surface area contributed by atoms with E-state index in [2.05, 4.69) is 15.9 Å². The average Bonchev–Trinajstić information content (AvgIpc) is 2.52. The van der Waals surface area contributed by atoms with Crippen LogP contribution in [0.4, 0.5) is 4.39 Å². The Morgan fingerprint density at radius 2 is 1.86 bits per heavy atom. The molecule has 0 spiro atoms. The largest absolute Gasteiger partial charge is 0.454 e. The van der Waals surface area contributed by atoms with Crippen LogP contribution in [0.2, 0.25) is 0 Å². The Balaban J connectivity index is 1.87. The highest BCUT2D eigenvalue weighted by Crippen LogP contribution is 2.11. The molecular weight excluding hydrogens is 351 g/mol. The molecule has 5 heteroatoms. The van der Waals surface area contributed by atoms with Crippen LogP contribution in [-0.4, -0.2) is 18.4 Å². The summed E-state index contributed by atoms with van der Waals surface area (Å²) in [6.07, 6.45) is 2.82. The Morgan fingerprint density at radius 1 is 1.14 bits per heavy atom. The van der Waals surface area contributed by atoms with Crippen LogP contribution in [-0.2, 0) is 9.53 Å². The molecule has 0 bridgehead atoms. The van der Waals surface area contributed by atoms with Crippen molar-refractivity contribution in [2.75, 3.05) is 6.61 Å². The number of benzene rings is 2. The fraction of sp³-hybridized carbons (Fsp3) is 0.0588. The van der Waals surface area contributed by atoms with Gasteiger partial charge >= 0.3 is 5.97 Å². The van der Waals surface area contributed by atoms with E-state index in [1.807, 2.05) is 24.3 Å². The highest BCUT2D eigenvalue weighted by Gasteiger charge is 2.09. The van der Waals surface area contributed by atoms with Crippen LogP contribution >= 0.6 is 15.9 Å². The van der Waals surface area contributed by atoms with Crippen molar-refractivity contribution in [2.24, 2.45) is 0 Å². The number of carbonyl (C=O) groups excluding carboxylic acids is 2. The Kier molecular flexibility index (Phi) is 5.61. The van der Waals surface area contributed by atoms with E-state index in [4.69, 9.17) is 4.74 Å². The molecule has 0 heterocycles. The molecule has 3 nitrogen and oxygen atoms in total. The first-order valence-corrected chi connectivity index (χ1v) is 7.23. The first-order chi connectivity index (χ1) is 10.5. The van der Waals surface area contributed by atoms with Crippen LogP contribution in [0.15, 0.2) is 59.1 Å². The van der Waals surface area contributed by atoms with Gasteiger partial charge in [-0.15, -0.1) is 0 Å². The van der Waals surface area contributed by atoms with E-state index in [-0.39, 0.29) is 5.56 Å². The Hall–Kier alpha value is -2.27. The van der Waals surface area contributed by atoms with Crippen LogP contribution in [0.3, 0.4) is 0 Å². The molecule has 0 amide bonds. The van der Waals surface area contributed by atoms with Crippen molar-refractivity contribution < 1.29 is 18.7 Å². The number of rotatable bonds is 5. The monoisotopic (exact) mass is 362 g/mol. The van der Waals surface area contributed by atoms with Gasteiger partial charge in [0, 0.05) is 16.1 Å². The van der Waals surface area contributed by atoms with E-state index in [0.29, 0.717) is 0 Å². The minimum absolute atomic E-state index is 0.171. The smallest absolute Gasteiger partial charge is 0.331 e. The third-order valence-corrected chi connectivity index (χ3v) is 3.30. The lowest BCUT2D eigenvalue weighted by atomic mass is 10.1. The summed E-state index contributed by atoms with van der Waals surface area (Å²) in [5, 5.41) is 0. The molecule has 0 atom stereocenters. The lowest BCUT2D eigenvalue weighted by Crippen LogP contribution is -2.12. The van der Waals surface area contributed by atoms with Crippen LogP contribution in [0.1, 0.15) is 15.9 Å². The number of carbonyl (C=O) groups is 2. The van der Waals surface area contributed by atoms with Gasteiger partial charge in [-0.1, -0.05) is 40.2 Å². The topological polar surface area (TPSA) is 43.4 Å². The van der Waals surface area contributed by atoms with E-state index in [0.717, 1.165) is 16.1 Å². The first kappa shape index (κ1) is 16.1. The summed E-state index contributed by atoms with van der Waals surface area (Å²) in [6.45, 7) is -0.424.